The molecule has 0 unspecified atom stereocenters. The van der Waals surface area contributed by atoms with E-state index in [9.17, 15) is 14.7 Å². The van der Waals surface area contributed by atoms with Gasteiger partial charge in [-0.25, -0.2) is 4.79 Å². The third-order valence-corrected chi connectivity index (χ3v) is 3.48. The molecule has 24 heavy (non-hydrogen) atoms. The summed E-state index contributed by atoms with van der Waals surface area (Å²) in [6.45, 7) is 5.37. The summed E-state index contributed by atoms with van der Waals surface area (Å²) in [4.78, 5) is 25.7. The lowest BCUT2D eigenvalue weighted by Crippen LogP contribution is -2.34. The number of benzene rings is 2. The molecule has 0 spiro atoms. The van der Waals surface area contributed by atoms with Crippen LogP contribution in [0.3, 0.4) is 0 Å². The van der Waals surface area contributed by atoms with Crippen LogP contribution >= 0.6 is 0 Å². The number of ether oxygens (including phenoxy) is 1. The van der Waals surface area contributed by atoms with Crippen LogP contribution in [0.5, 0.6) is 5.75 Å². The largest absolute Gasteiger partial charge is 0.508 e. The van der Waals surface area contributed by atoms with E-state index in [4.69, 9.17) is 4.74 Å². The lowest BCUT2D eigenvalue weighted by atomic mass is 10.0. The molecule has 6 heteroatoms. The van der Waals surface area contributed by atoms with Crippen molar-refractivity contribution in [3.63, 3.8) is 0 Å². The Balaban J connectivity index is 2.57. The number of phenols is 1. The molecule has 0 heterocycles. The summed E-state index contributed by atoms with van der Waals surface area (Å²) in [6, 6.07) is 8.00. The van der Waals surface area contributed by atoms with Gasteiger partial charge in [0.1, 0.15) is 11.4 Å². The van der Waals surface area contributed by atoms with Gasteiger partial charge in [0, 0.05) is 25.0 Å². The van der Waals surface area contributed by atoms with Crippen molar-refractivity contribution in [2.45, 2.75) is 26.4 Å². The first-order valence-corrected chi connectivity index (χ1v) is 7.58. The molecule has 2 aromatic rings. The van der Waals surface area contributed by atoms with Crippen LogP contribution in [0.15, 0.2) is 30.3 Å². The minimum Gasteiger partial charge on any atom is -0.508 e. The first-order valence-electron chi connectivity index (χ1n) is 7.58. The zero-order chi connectivity index (χ0) is 18.1. The molecule has 0 aliphatic rings. The van der Waals surface area contributed by atoms with Crippen LogP contribution in [0, 0.1) is 0 Å². The quantitative estimate of drug-likeness (QED) is 0.886. The summed E-state index contributed by atoms with van der Waals surface area (Å²) >= 11 is 0. The molecule has 0 saturated heterocycles. The second-order valence-corrected chi connectivity index (χ2v) is 6.48. The highest BCUT2D eigenvalue weighted by molar-refractivity contribution is 6.12. The van der Waals surface area contributed by atoms with E-state index in [0.29, 0.717) is 22.0 Å². The highest BCUT2D eigenvalue weighted by Crippen LogP contribution is 2.32. The highest BCUT2D eigenvalue weighted by Gasteiger charge is 2.23. The fraction of sp³-hybridized carbons (Fsp3) is 0.333. The van der Waals surface area contributed by atoms with Gasteiger partial charge in [-0.2, -0.15) is 0 Å². The minimum atomic E-state index is -0.620. The number of carbonyl (C=O) groups is 2. The van der Waals surface area contributed by atoms with E-state index in [2.05, 4.69) is 5.32 Å². The third-order valence-electron chi connectivity index (χ3n) is 3.48. The molecule has 0 saturated carbocycles. The highest BCUT2D eigenvalue weighted by atomic mass is 16.6. The number of anilines is 1. The van der Waals surface area contributed by atoms with Crippen LogP contribution in [-0.2, 0) is 4.74 Å². The Morgan fingerprint density at radius 1 is 1.12 bits per heavy atom. The molecular formula is C18H22N2O4. The lowest BCUT2D eigenvalue weighted by Gasteiger charge is -2.25. The molecular weight excluding hydrogens is 308 g/mol. The number of hydrogen-bond donors (Lipinski definition) is 2. The van der Waals surface area contributed by atoms with E-state index in [-0.39, 0.29) is 11.7 Å². The van der Waals surface area contributed by atoms with Crippen LogP contribution < -0.4 is 10.2 Å². The van der Waals surface area contributed by atoms with Crippen molar-refractivity contribution in [2.75, 3.05) is 19.0 Å². The number of aromatic hydroxyl groups is 1. The molecule has 2 N–H and O–H groups in total. The average Bonchev–Trinajstić information content (AvgIpc) is 2.50. The van der Waals surface area contributed by atoms with Gasteiger partial charge in [-0.05, 0) is 56.5 Å². The second kappa shape index (κ2) is 6.39. The molecule has 0 radical (unpaired) electrons. The predicted molar refractivity (Wildman–Crippen MR) is 93.6 cm³/mol. The van der Waals surface area contributed by atoms with E-state index >= 15 is 0 Å². The predicted octanol–water partition coefficient (Wildman–Crippen LogP) is 3.28. The van der Waals surface area contributed by atoms with Crippen molar-refractivity contribution < 1.29 is 19.4 Å². The molecule has 128 valence electrons. The van der Waals surface area contributed by atoms with Gasteiger partial charge in [-0.3, -0.25) is 9.69 Å². The van der Waals surface area contributed by atoms with E-state index in [1.54, 1.807) is 53.1 Å². The maximum absolute atomic E-state index is 12.3. The smallest absolute Gasteiger partial charge is 0.414 e. The number of phenolic OH excluding ortho intramolecular Hbond substituents is 1. The van der Waals surface area contributed by atoms with Gasteiger partial charge in [0.25, 0.3) is 5.91 Å². The molecule has 0 aliphatic carbocycles. The molecule has 6 nitrogen and oxygen atoms in total. The number of nitrogens with one attached hydrogen (secondary N) is 1. The summed E-state index contributed by atoms with van der Waals surface area (Å²) in [7, 11) is 3.14. The lowest BCUT2D eigenvalue weighted by molar-refractivity contribution is 0.0589. The van der Waals surface area contributed by atoms with Crippen molar-refractivity contribution in [1.29, 1.82) is 0 Å². The van der Waals surface area contributed by atoms with E-state index in [0.717, 1.165) is 0 Å². The molecule has 0 aromatic heterocycles. The molecule has 2 amide bonds. The zero-order valence-electron chi connectivity index (χ0n) is 14.5. The van der Waals surface area contributed by atoms with Crippen molar-refractivity contribution in [1.82, 2.24) is 5.32 Å². The number of rotatable bonds is 2. The van der Waals surface area contributed by atoms with E-state index in [1.807, 2.05) is 0 Å². The Bertz CT molecular complexity index is 793. The van der Waals surface area contributed by atoms with Crippen LogP contribution in [-0.4, -0.2) is 36.8 Å². The van der Waals surface area contributed by atoms with E-state index < -0.39 is 11.7 Å². The summed E-state index contributed by atoms with van der Waals surface area (Å²) in [6.07, 6.45) is -0.514. The Labute approximate surface area is 141 Å². The minimum absolute atomic E-state index is 0.0513. The summed E-state index contributed by atoms with van der Waals surface area (Å²) < 4.78 is 5.38. The maximum atomic E-state index is 12.3. The fourth-order valence-electron chi connectivity index (χ4n) is 2.37. The second-order valence-electron chi connectivity index (χ2n) is 6.48. The van der Waals surface area contributed by atoms with Gasteiger partial charge in [0.2, 0.25) is 0 Å². The number of nitrogens with zero attached hydrogens (tertiary/aromatic N) is 1. The van der Waals surface area contributed by atoms with Crippen LogP contribution in [0.4, 0.5) is 10.5 Å². The first kappa shape index (κ1) is 17.6. The normalized spacial score (nSPS) is 11.2. The SMILES string of the molecule is CNC(=O)c1ccc(N(C)C(=O)OC(C)(C)C)c2cc(O)ccc12. The maximum Gasteiger partial charge on any atom is 0.414 e. The van der Waals surface area contributed by atoms with Crippen molar-refractivity contribution in [2.24, 2.45) is 0 Å². The Morgan fingerprint density at radius 2 is 1.79 bits per heavy atom. The van der Waals surface area contributed by atoms with Gasteiger partial charge < -0.3 is 15.2 Å². The number of fused-ring (bicyclic) bond motifs is 1. The van der Waals surface area contributed by atoms with Gasteiger partial charge in [-0.15, -0.1) is 0 Å². The van der Waals surface area contributed by atoms with Gasteiger partial charge in [0.05, 0.1) is 5.69 Å². The Kier molecular flexibility index (Phi) is 4.68. The molecule has 2 aromatic carbocycles. The van der Waals surface area contributed by atoms with Gasteiger partial charge in [-0.1, -0.05) is 0 Å². The molecule has 0 aliphatic heterocycles. The summed E-state index contributed by atoms with van der Waals surface area (Å²) in [5.74, 6) is -0.187. The monoisotopic (exact) mass is 330 g/mol. The molecule has 0 fully saturated rings. The first-order chi connectivity index (χ1) is 11.1. The van der Waals surface area contributed by atoms with Crippen LogP contribution in [0.2, 0.25) is 0 Å². The molecule has 2 rings (SSSR count). The topological polar surface area (TPSA) is 78.9 Å². The molecule has 0 bridgehead atoms. The van der Waals surface area contributed by atoms with E-state index in [1.165, 1.54) is 17.0 Å². The standard InChI is InChI=1S/C18H22N2O4/c1-18(2,3)24-17(23)20(5)15-9-8-13(16(22)19-4)12-7-6-11(21)10-14(12)15/h6-10,21H,1-5H3,(H,19,22). The average molecular weight is 330 g/mol. The number of carbonyl (C=O) groups excluding carboxylic acids is 2. The third kappa shape index (κ3) is 3.59. The van der Waals surface area contributed by atoms with Crippen molar-refractivity contribution in [3.05, 3.63) is 35.9 Å². The fourth-order valence-corrected chi connectivity index (χ4v) is 2.37. The number of amides is 2. The van der Waals surface area contributed by atoms with Crippen LogP contribution in [0.1, 0.15) is 31.1 Å². The Morgan fingerprint density at radius 3 is 2.38 bits per heavy atom. The molecule has 0 atom stereocenters. The Hall–Kier alpha value is -2.76. The van der Waals surface area contributed by atoms with Crippen molar-refractivity contribution in [3.8, 4) is 5.75 Å². The van der Waals surface area contributed by atoms with Crippen molar-refractivity contribution >= 4 is 28.5 Å². The summed E-state index contributed by atoms with van der Waals surface area (Å²) in [5.41, 5.74) is 0.391. The van der Waals surface area contributed by atoms with Crippen LogP contribution in [0.25, 0.3) is 10.8 Å². The van der Waals surface area contributed by atoms with Gasteiger partial charge in [0.15, 0.2) is 0 Å². The summed E-state index contributed by atoms with van der Waals surface area (Å²) in [5, 5.41) is 13.6. The zero-order valence-corrected chi connectivity index (χ0v) is 14.5. The van der Waals surface area contributed by atoms with Gasteiger partial charge >= 0.3 is 6.09 Å². The number of hydrogen-bond acceptors (Lipinski definition) is 4.